The third-order valence-corrected chi connectivity index (χ3v) is 1.88. The first kappa shape index (κ1) is 10.9. The number of benzene rings is 1. The third kappa shape index (κ3) is 1.46. The van der Waals surface area contributed by atoms with Crippen LogP contribution in [0.3, 0.4) is 0 Å². The maximum absolute atomic E-state index is 13.0. The summed E-state index contributed by atoms with van der Waals surface area (Å²) in [5.41, 5.74) is 9.27. The molecule has 0 radical (unpaired) electrons. The van der Waals surface area contributed by atoms with Crippen molar-refractivity contribution in [1.82, 2.24) is 0 Å². The Morgan fingerprint density at radius 3 is 1.14 bits per heavy atom. The largest absolute Gasteiger partial charge is 0.326 e. The average Bonchev–Trinajstić information content (AvgIpc) is 2.20. The molecule has 0 amide bonds. The topological polar surface area (TPSA) is 52.0 Å². The van der Waals surface area contributed by atoms with Gasteiger partial charge in [0.15, 0.2) is 23.3 Å². The highest BCUT2D eigenvalue weighted by atomic mass is 19.2. The van der Waals surface area contributed by atoms with Gasteiger partial charge >= 0.3 is 0 Å². The number of halogens is 4. The molecule has 0 aliphatic heterocycles. The minimum absolute atomic E-state index is 0.427. The molecular weight excluding hydrogens is 200 g/mol. The van der Waals surface area contributed by atoms with E-state index >= 15 is 0 Å². The molecule has 0 aliphatic carbocycles. The molecule has 1 rings (SSSR count). The molecule has 2 nitrogen and oxygen atoms in total. The van der Waals surface area contributed by atoms with Crippen LogP contribution >= 0.6 is 0 Å². The van der Waals surface area contributed by atoms with Crippen molar-refractivity contribution in [1.29, 1.82) is 0 Å². The molecule has 0 bridgehead atoms. The van der Waals surface area contributed by atoms with Crippen molar-refractivity contribution < 1.29 is 17.6 Å². The normalized spacial score (nSPS) is 10.7. The van der Waals surface area contributed by atoms with Gasteiger partial charge in [-0.2, -0.15) is 0 Å². The average molecular weight is 208 g/mol. The fourth-order valence-corrected chi connectivity index (χ4v) is 1.15. The van der Waals surface area contributed by atoms with Crippen LogP contribution < -0.4 is 11.5 Å². The number of hydrogen-bond donors (Lipinski definition) is 2. The minimum atomic E-state index is -1.86. The lowest BCUT2D eigenvalue weighted by molar-refractivity contribution is 0.398. The van der Waals surface area contributed by atoms with E-state index in [-0.39, 0.29) is 0 Å². The van der Waals surface area contributed by atoms with Gasteiger partial charge in [-0.15, -0.1) is 0 Å². The zero-order valence-electron chi connectivity index (χ0n) is 7.08. The van der Waals surface area contributed by atoms with Gasteiger partial charge < -0.3 is 11.5 Å². The first-order valence-electron chi connectivity index (χ1n) is 3.78. The van der Waals surface area contributed by atoms with Gasteiger partial charge in [-0.3, -0.25) is 0 Å². The lowest BCUT2D eigenvalue weighted by Crippen LogP contribution is -2.14. The van der Waals surface area contributed by atoms with Crippen LogP contribution in [0.15, 0.2) is 0 Å². The molecule has 1 aromatic carbocycles. The molecule has 0 aromatic heterocycles. The van der Waals surface area contributed by atoms with Crippen LogP contribution in [-0.2, 0) is 13.1 Å². The van der Waals surface area contributed by atoms with Gasteiger partial charge in [0.2, 0.25) is 0 Å². The molecule has 0 saturated heterocycles. The molecule has 0 aliphatic rings. The van der Waals surface area contributed by atoms with E-state index in [4.69, 9.17) is 11.5 Å². The van der Waals surface area contributed by atoms with Gasteiger partial charge in [-0.1, -0.05) is 0 Å². The van der Waals surface area contributed by atoms with Crippen molar-refractivity contribution in [3.63, 3.8) is 0 Å². The van der Waals surface area contributed by atoms with Crippen molar-refractivity contribution in [2.45, 2.75) is 13.1 Å². The summed E-state index contributed by atoms with van der Waals surface area (Å²) >= 11 is 0. The Labute approximate surface area is 77.5 Å². The SMILES string of the molecule is NCc1c(F)c(F)c(F)c(F)c1CN. The van der Waals surface area contributed by atoms with Crippen molar-refractivity contribution in [2.24, 2.45) is 11.5 Å². The Balaban J connectivity index is 3.57. The Bertz CT molecular complexity index is 330. The quantitative estimate of drug-likeness (QED) is 0.435. The highest BCUT2D eigenvalue weighted by Crippen LogP contribution is 2.23. The molecule has 0 unspecified atom stereocenters. The first-order chi connectivity index (χ1) is 6.54. The number of nitrogens with two attached hydrogens (primary N) is 2. The minimum Gasteiger partial charge on any atom is -0.326 e. The van der Waals surface area contributed by atoms with Gasteiger partial charge in [0.05, 0.1) is 0 Å². The molecule has 1 aromatic rings. The van der Waals surface area contributed by atoms with Crippen molar-refractivity contribution >= 4 is 0 Å². The fraction of sp³-hybridized carbons (Fsp3) is 0.250. The van der Waals surface area contributed by atoms with E-state index in [1.807, 2.05) is 0 Å². The second-order valence-corrected chi connectivity index (χ2v) is 2.62. The molecule has 0 atom stereocenters. The molecule has 6 heteroatoms. The van der Waals surface area contributed by atoms with Gasteiger partial charge in [-0.25, -0.2) is 17.6 Å². The zero-order chi connectivity index (χ0) is 10.9. The van der Waals surface area contributed by atoms with E-state index in [2.05, 4.69) is 0 Å². The van der Waals surface area contributed by atoms with E-state index in [9.17, 15) is 17.6 Å². The second-order valence-electron chi connectivity index (χ2n) is 2.62. The predicted molar refractivity (Wildman–Crippen MR) is 42.1 cm³/mol. The van der Waals surface area contributed by atoms with E-state index < -0.39 is 47.5 Å². The molecule has 0 fully saturated rings. The van der Waals surface area contributed by atoms with Crippen LogP contribution in [0.5, 0.6) is 0 Å². The standard InChI is InChI=1S/C8H8F4N2/c9-5-3(1-13)4(2-14)6(10)8(12)7(5)11/h1-2,13-14H2. The van der Waals surface area contributed by atoms with Gasteiger partial charge in [0.1, 0.15) is 0 Å². The van der Waals surface area contributed by atoms with Crippen LogP contribution in [0.1, 0.15) is 11.1 Å². The highest BCUT2D eigenvalue weighted by Gasteiger charge is 2.23. The van der Waals surface area contributed by atoms with Crippen LogP contribution in [-0.4, -0.2) is 0 Å². The van der Waals surface area contributed by atoms with E-state index in [1.165, 1.54) is 0 Å². The van der Waals surface area contributed by atoms with Crippen LogP contribution in [0.25, 0.3) is 0 Å². The molecule has 0 saturated carbocycles. The van der Waals surface area contributed by atoms with Crippen LogP contribution in [0.4, 0.5) is 17.6 Å². The smallest absolute Gasteiger partial charge is 0.197 e. The monoisotopic (exact) mass is 208 g/mol. The summed E-state index contributed by atoms with van der Waals surface area (Å²) in [6.45, 7) is -0.876. The van der Waals surface area contributed by atoms with Gasteiger partial charge in [0.25, 0.3) is 0 Å². The molecule has 0 heterocycles. The van der Waals surface area contributed by atoms with Crippen LogP contribution in [0.2, 0.25) is 0 Å². The Hall–Kier alpha value is -1.14. The summed E-state index contributed by atoms with van der Waals surface area (Å²) in [5, 5.41) is 0. The molecule has 4 N–H and O–H groups in total. The summed E-state index contributed by atoms with van der Waals surface area (Å²) in [4.78, 5) is 0. The first-order valence-corrected chi connectivity index (χ1v) is 3.78. The van der Waals surface area contributed by atoms with Gasteiger partial charge in [-0.05, 0) is 0 Å². The number of rotatable bonds is 2. The van der Waals surface area contributed by atoms with Crippen LogP contribution in [0, 0.1) is 23.3 Å². The Morgan fingerprint density at radius 2 is 0.929 bits per heavy atom. The summed E-state index contributed by atoms with van der Waals surface area (Å²) in [6, 6.07) is 0. The molecule has 0 spiro atoms. The maximum Gasteiger partial charge on any atom is 0.197 e. The molecule has 14 heavy (non-hydrogen) atoms. The lowest BCUT2D eigenvalue weighted by Gasteiger charge is -2.09. The molecular formula is C8H8F4N2. The second kappa shape index (κ2) is 3.93. The van der Waals surface area contributed by atoms with Crippen molar-refractivity contribution in [2.75, 3.05) is 0 Å². The van der Waals surface area contributed by atoms with E-state index in [1.54, 1.807) is 0 Å². The van der Waals surface area contributed by atoms with Crippen molar-refractivity contribution in [3.8, 4) is 0 Å². The predicted octanol–water partition coefficient (Wildman–Crippen LogP) is 1.16. The van der Waals surface area contributed by atoms with E-state index in [0.717, 1.165) is 0 Å². The Kier molecular flexibility index (Phi) is 3.07. The number of hydrogen-bond acceptors (Lipinski definition) is 2. The van der Waals surface area contributed by atoms with E-state index in [0.29, 0.717) is 0 Å². The summed E-state index contributed by atoms with van der Waals surface area (Å²) in [5.74, 6) is -6.68. The molecule has 78 valence electrons. The van der Waals surface area contributed by atoms with Gasteiger partial charge in [0, 0.05) is 24.2 Å². The summed E-state index contributed by atoms with van der Waals surface area (Å²) in [7, 11) is 0. The zero-order valence-corrected chi connectivity index (χ0v) is 7.08. The maximum atomic E-state index is 13.0. The Morgan fingerprint density at radius 1 is 0.643 bits per heavy atom. The summed E-state index contributed by atoms with van der Waals surface area (Å²) < 4.78 is 51.3. The summed E-state index contributed by atoms with van der Waals surface area (Å²) in [6.07, 6.45) is 0. The highest BCUT2D eigenvalue weighted by molar-refractivity contribution is 5.31. The lowest BCUT2D eigenvalue weighted by atomic mass is 10.1. The third-order valence-electron chi connectivity index (χ3n) is 1.88. The fourth-order valence-electron chi connectivity index (χ4n) is 1.15. The van der Waals surface area contributed by atoms with Crippen molar-refractivity contribution in [3.05, 3.63) is 34.4 Å².